The molecule has 0 radical (unpaired) electrons. The third-order valence-electron chi connectivity index (χ3n) is 2.69. The van der Waals surface area contributed by atoms with Crippen LogP contribution in [0.4, 0.5) is 10.1 Å². The van der Waals surface area contributed by atoms with Gasteiger partial charge in [0.15, 0.2) is 0 Å². The maximum absolute atomic E-state index is 13.7. The van der Waals surface area contributed by atoms with E-state index in [2.05, 4.69) is 21.2 Å². The van der Waals surface area contributed by atoms with Crippen molar-refractivity contribution in [2.75, 3.05) is 5.32 Å². The Morgan fingerprint density at radius 3 is 2.78 bits per heavy atom. The summed E-state index contributed by atoms with van der Waals surface area (Å²) in [6.45, 7) is 2.41. The number of anilines is 1. The molecule has 1 N–H and O–H groups in total. The molecule has 94 valence electrons. The molecule has 0 heterocycles. The first-order valence-electron chi connectivity index (χ1n) is 5.51. The third-order valence-corrected chi connectivity index (χ3v) is 3.47. The minimum atomic E-state index is -0.360. The van der Waals surface area contributed by atoms with Crippen molar-refractivity contribution in [3.05, 3.63) is 62.8 Å². The van der Waals surface area contributed by atoms with Gasteiger partial charge in [-0.25, -0.2) is 4.39 Å². The first-order chi connectivity index (χ1) is 8.58. The highest BCUT2D eigenvalue weighted by molar-refractivity contribution is 9.10. The smallest absolute Gasteiger partial charge is 0.146 e. The van der Waals surface area contributed by atoms with Crippen LogP contribution in [-0.2, 0) is 6.54 Å². The van der Waals surface area contributed by atoms with Gasteiger partial charge in [0.25, 0.3) is 0 Å². The number of hydrogen-bond acceptors (Lipinski definition) is 1. The van der Waals surface area contributed by atoms with Crippen molar-refractivity contribution in [1.29, 1.82) is 0 Å². The Kier molecular flexibility index (Phi) is 4.25. The SMILES string of the molecule is Cc1cc(Br)ccc1NCc1cccc(Cl)c1F. The highest BCUT2D eigenvalue weighted by Gasteiger charge is 2.06. The van der Waals surface area contributed by atoms with Gasteiger partial charge in [0.05, 0.1) is 5.02 Å². The van der Waals surface area contributed by atoms with Crippen molar-refractivity contribution < 1.29 is 4.39 Å². The van der Waals surface area contributed by atoms with E-state index in [4.69, 9.17) is 11.6 Å². The fraction of sp³-hybridized carbons (Fsp3) is 0.143. The summed E-state index contributed by atoms with van der Waals surface area (Å²) in [6, 6.07) is 10.9. The topological polar surface area (TPSA) is 12.0 Å². The maximum atomic E-state index is 13.7. The molecule has 0 atom stereocenters. The molecule has 0 aromatic heterocycles. The van der Waals surface area contributed by atoms with Gasteiger partial charge in [-0.2, -0.15) is 0 Å². The van der Waals surface area contributed by atoms with Gasteiger partial charge in [0.1, 0.15) is 5.82 Å². The Balaban J connectivity index is 2.14. The molecular formula is C14H12BrClFN. The summed E-state index contributed by atoms with van der Waals surface area (Å²) in [7, 11) is 0. The molecule has 0 saturated carbocycles. The number of benzene rings is 2. The van der Waals surface area contributed by atoms with Crippen LogP contribution in [0.3, 0.4) is 0 Å². The zero-order chi connectivity index (χ0) is 13.1. The monoisotopic (exact) mass is 327 g/mol. The Bertz CT molecular complexity index is 572. The highest BCUT2D eigenvalue weighted by Crippen LogP contribution is 2.22. The molecule has 18 heavy (non-hydrogen) atoms. The van der Waals surface area contributed by atoms with Gasteiger partial charge >= 0.3 is 0 Å². The molecule has 0 amide bonds. The Labute approximate surface area is 119 Å². The zero-order valence-corrected chi connectivity index (χ0v) is 12.1. The minimum Gasteiger partial charge on any atom is -0.381 e. The van der Waals surface area contributed by atoms with Crippen molar-refractivity contribution in [1.82, 2.24) is 0 Å². The maximum Gasteiger partial charge on any atom is 0.146 e. The summed E-state index contributed by atoms with van der Waals surface area (Å²) in [6.07, 6.45) is 0. The molecule has 0 spiro atoms. The normalized spacial score (nSPS) is 10.4. The van der Waals surface area contributed by atoms with Crippen LogP contribution in [0, 0.1) is 12.7 Å². The van der Waals surface area contributed by atoms with Crippen LogP contribution in [-0.4, -0.2) is 0 Å². The second-order valence-corrected chi connectivity index (χ2v) is 5.35. The van der Waals surface area contributed by atoms with E-state index in [1.165, 1.54) is 0 Å². The number of aryl methyl sites for hydroxylation is 1. The second-order valence-electron chi connectivity index (χ2n) is 4.03. The number of hydrogen-bond donors (Lipinski definition) is 1. The van der Waals surface area contributed by atoms with Crippen LogP contribution in [0.25, 0.3) is 0 Å². The molecule has 2 aromatic carbocycles. The number of halogens is 3. The molecular weight excluding hydrogens is 317 g/mol. The van der Waals surface area contributed by atoms with Crippen molar-refractivity contribution in [2.45, 2.75) is 13.5 Å². The lowest BCUT2D eigenvalue weighted by Gasteiger charge is -2.11. The van der Waals surface area contributed by atoms with Gasteiger partial charge in [-0.3, -0.25) is 0 Å². The summed E-state index contributed by atoms with van der Waals surface area (Å²) in [5, 5.41) is 3.36. The van der Waals surface area contributed by atoms with Gasteiger partial charge in [-0.15, -0.1) is 0 Å². The van der Waals surface area contributed by atoms with E-state index < -0.39 is 0 Å². The van der Waals surface area contributed by atoms with Crippen molar-refractivity contribution >= 4 is 33.2 Å². The lowest BCUT2D eigenvalue weighted by molar-refractivity contribution is 0.613. The predicted molar refractivity (Wildman–Crippen MR) is 77.6 cm³/mol. The van der Waals surface area contributed by atoms with Gasteiger partial charge in [0, 0.05) is 22.3 Å². The lowest BCUT2D eigenvalue weighted by atomic mass is 10.1. The fourth-order valence-corrected chi connectivity index (χ4v) is 2.37. The molecule has 2 rings (SSSR count). The predicted octanol–water partition coefficient (Wildman–Crippen LogP) is 5.16. The molecule has 0 unspecified atom stereocenters. The van der Waals surface area contributed by atoms with E-state index in [9.17, 15) is 4.39 Å². The van der Waals surface area contributed by atoms with Crippen molar-refractivity contribution in [2.24, 2.45) is 0 Å². The molecule has 0 aliphatic heterocycles. The summed E-state index contributed by atoms with van der Waals surface area (Å²) in [4.78, 5) is 0. The van der Waals surface area contributed by atoms with Gasteiger partial charge in [-0.1, -0.05) is 39.7 Å². The first-order valence-corrected chi connectivity index (χ1v) is 6.68. The average Bonchev–Trinajstić information content (AvgIpc) is 2.33. The summed E-state index contributed by atoms with van der Waals surface area (Å²) in [5.74, 6) is -0.360. The first kappa shape index (κ1) is 13.4. The molecule has 2 aromatic rings. The Hall–Kier alpha value is -1.06. The Morgan fingerprint density at radius 1 is 1.28 bits per heavy atom. The van der Waals surface area contributed by atoms with E-state index in [0.29, 0.717) is 12.1 Å². The summed E-state index contributed by atoms with van der Waals surface area (Å²) >= 11 is 9.15. The molecule has 0 aliphatic carbocycles. The summed E-state index contributed by atoms with van der Waals surface area (Å²) in [5.41, 5.74) is 2.65. The standard InChI is InChI=1S/C14H12BrClFN/c1-9-7-11(15)5-6-13(9)18-8-10-3-2-4-12(16)14(10)17/h2-7,18H,8H2,1H3. The molecule has 0 aliphatic rings. The van der Waals surface area contributed by atoms with Crippen molar-refractivity contribution in [3.63, 3.8) is 0 Å². The fourth-order valence-electron chi connectivity index (χ4n) is 1.70. The average molecular weight is 329 g/mol. The second kappa shape index (κ2) is 5.72. The van der Waals surface area contributed by atoms with E-state index >= 15 is 0 Å². The van der Waals surface area contributed by atoms with E-state index in [1.54, 1.807) is 18.2 Å². The molecule has 0 bridgehead atoms. The number of rotatable bonds is 3. The van der Waals surface area contributed by atoms with E-state index in [0.717, 1.165) is 15.7 Å². The molecule has 0 saturated heterocycles. The van der Waals surface area contributed by atoms with Crippen LogP contribution in [0.5, 0.6) is 0 Å². The zero-order valence-electron chi connectivity index (χ0n) is 9.81. The Morgan fingerprint density at radius 2 is 2.06 bits per heavy atom. The van der Waals surface area contributed by atoms with Crippen LogP contribution in [0.2, 0.25) is 5.02 Å². The molecule has 4 heteroatoms. The van der Waals surface area contributed by atoms with E-state index in [1.807, 2.05) is 25.1 Å². The molecule has 1 nitrogen and oxygen atoms in total. The quantitative estimate of drug-likeness (QED) is 0.820. The van der Waals surface area contributed by atoms with Crippen LogP contribution in [0.1, 0.15) is 11.1 Å². The largest absolute Gasteiger partial charge is 0.381 e. The van der Waals surface area contributed by atoms with Crippen LogP contribution >= 0.6 is 27.5 Å². The third kappa shape index (κ3) is 3.03. The van der Waals surface area contributed by atoms with Crippen LogP contribution < -0.4 is 5.32 Å². The lowest BCUT2D eigenvalue weighted by Crippen LogP contribution is -2.03. The summed E-state index contributed by atoms with van der Waals surface area (Å²) < 4.78 is 14.7. The van der Waals surface area contributed by atoms with E-state index in [-0.39, 0.29) is 10.8 Å². The van der Waals surface area contributed by atoms with Gasteiger partial charge < -0.3 is 5.32 Å². The highest BCUT2D eigenvalue weighted by atomic mass is 79.9. The number of nitrogens with one attached hydrogen (secondary N) is 1. The molecule has 0 fully saturated rings. The van der Waals surface area contributed by atoms with Crippen LogP contribution in [0.15, 0.2) is 40.9 Å². The van der Waals surface area contributed by atoms with Crippen molar-refractivity contribution in [3.8, 4) is 0 Å². The minimum absolute atomic E-state index is 0.154. The van der Waals surface area contributed by atoms with Gasteiger partial charge in [-0.05, 0) is 36.8 Å². The van der Waals surface area contributed by atoms with Gasteiger partial charge in [0.2, 0.25) is 0 Å².